The number of nitrogens with zero attached hydrogens (tertiary/aromatic N) is 3. The van der Waals surface area contributed by atoms with E-state index in [0.717, 1.165) is 31.5 Å². The highest BCUT2D eigenvalue weighted by atomic mass is 16.3. The Bertz CT molecular complexity index is 626. The number of likely N-dealkylation sites (tertiary alicyclic amines) is 1. The summed E-state index contributed by atoms with van der Waals surface area (Å²) in [6, 6.07) is 4.46. The summed E-state index contributed by atoms with van der Waals surface area (Å²) in [5, 5.41) is 11.2. The number of aliphatic hydroxyl groups is 1. The van der Waals surface area contributed by atoms with Crippen molar-refractivity contribution in [3.63, 3.8) is 0 Å². The number of aromatic nitrogens is 1. The minimum Gasteiger partial charge on any atom is -0.385 e. The number of piperidine rings is 2. The number of amides is 1. The number of carbonyl (C=O) groups is 1. The van der Waals surface area contributed by atoms with E-state index in [1.54, 1.807) is 12.4 Å². The van der Waals surface area contributed by atoms with Crippen LogP contribution in [0.1, 0.15) is 51.5 Å². The minimum absolute atomic E-state index is 0.270. The molecule has 4 atom stereocenters. The maximum Gasteiger partial charge on any atom is 0.236 e. The second-order valence-electron chi connectivity index (χ2n) is 8.98. The van der Waals surface area contributed by atoms with Crippen LogP contribution in [0.2, 0.25) is 0 Å². The molecular formula is C21H31N3O2. The molecule has 0 aliphatic carbocycles. The Morgan fingerprint density at radius 2 is 1.88 bits per heavy atom. The fraction of sp³-hybridized carbons (Fsp3) is 0.714. The summed E-state index contributed by atoms with van der Waals surface area (Å²) >= 11 is 0. The summed E-state index contributed by atoms with van der Waals surface area (Å²) in [6.07, 6.45) is 8.31. The molecule has 1 N–H and O–H groups in total. The molecule has 0 saturated carbocycles. The number of hydrogen-bond acceptors (Lipinski definition) is 4. The van der Waals surface area contributed by atoms with Crippen LogP contribution in [-0.2, 0) is 10.4 Å². The van der Waals surface area contributed by atoms with Gasteiger partial charge in [-0.1, -0.05) is 19.9 Å². The van der Waals surface area contributed by atoms with Gasteiger partial charge in [-0.15, -0.1) is 0 Å². The molecule has 1 aromatic heterocycles. The fourth-order valence-corrected chi connectivity index (χ4v) is 5.57. The topological polar surface area (TPSA) is 56.7 Å². The molecule has 2 bridgehead atoms. The van der Waals surface area contributed by atoms with Gasteiger partial charge in [0.2, 0.25) is 5.91 Å². The molecule has 0 spiro atoms. The predicted molar refractivity (Wildman–Crippen MR) is 100 cm³/mol. The summed E-state index contributed by atoms with van der Waals surface area (Å²) in [5.41, 5.74) is 0.120. The fourth-order valence-electron chi connectivity index (χ4n) is 5.57. The van der Waals surface area contributed by atoms with Gasteiger partial charge < -0.3 is 10.0 Å². The van der Waals surface area contributed by atoms with Crippen molar-refractivity contribution in [3.8, 4) is 0 Å². The van der Waals surface area contributed by atoms with Crippen molar-refractivity contribution in [2.75, 3.05) is 19.6 Å². The molecule has 4 rings (SSSR count). The highest BCUT2D eigenvalue weighted by molar-refractivity contribution is 5.78. The second-order valence-corrected chi connectivity index (χ2v) is 8.98. The molecule has 3 saturated heterocycles. The van der Waals surface area contributed by atoms with E-state index in [0.29, 0.717) is 43.3 Å². The Hall–Kier alpha value is -1.46. The van der Waals surface area contributed by atoms with E-state index in [1.165, 1.54) is 6.42 Å². The van der Waals surface area contributed by atoms with Crippen molar-refractivity contribution in [3.05, 3.63) is 30.1 Å². The Balaban J connectivity index is 1.43. The van der Waals surface area contributed by atoms with Crippen molar-refractivity contribution in [2.24, 2.45) is 11.8 Å². The Morgan fingerprint density at radius 3 is 2.46 bits per heavy atom. The van der Waals surface area contributed by atoms with E-state index in [-0.39, 0.29) is 5.91 Å². The Kier molecular flexibility index (Phi) is 4.78. The van der Waals surface area contributed by atoms with Gasteiger partial charge in [0.05, 0.1) is 12.1 Å². The number of fused-ring (bicyclic) bond motifs is 2. The number of carbonyl (C=O) groups excluding carboxylic acids is 1. The first-order valence-electron chi connectivity index (χ1n) is 10.1. The Morgan fingerprint density at radius 1 is 1.23 bits per heavy atom. The summed E-state index contributed by atoms with van der Waals surface area (Å²) < 4.78 is 0. The maximum atomic E-state index is 12.9. The molecule has 5 nitrogen and oxygen atoms in total. The summed E-state index contributed by atoms with van der Waals surface area (Å²) in [7, 11) is 0. The van der Waals surface area contributed by atoms with Crippen LogP contribution in [0.15, 0.2) is 24.5 Å². The van der Waals surface area contributed by atoms with Crippen LogP contribution in [0.5, 0.6) is 0 Å². The van der Waals surface area contributed by atoms with Gasteiger partial charge >= 0.3 is 0 Å². The molecule has 5 heteroatoms. The average molecular weight is 357 g/mol. The van der Waals surface area contributed by atoms with Crippen molar-refractivity contribution in [1.82, 2.24) is 14.8 Å². The third-order valence-electron chi connectivity index (χ3n) is 6.66. The predicted octanol–water partition coefficient (Wildman–Crippen LogP) is 2.40. The molecule has 0 aromatic carbocycles. The van der Waals surface area contributed by atoms with E-state index < -0.39 is 5.60 Å². The molecule has 1 amide bonds. The number of pyridine rings is 1. The first-order chi connectivity index (χ1) is 12.4. The molecule has 142 valence electrons. The zero-order valence-electron chi connectivity index (χ0n) is 16.0. The van der Waals surface area contributed by atoms with Crippen LogP contribution in [0.3, 0.4) is 0 Å². The van der Waals surface area contributed by atoms with Crippen molar-refractivity contribution in [1.29, 1.82) is 0 Å². The van der Waals surface area contributed by atoms with Crippen molar-refractivity contribution >= 4 is 5.91 Å². The highest BCUT2D eigenvalue weighted by Gasteiger charge is 2.49. The highest BCUT2D eigenvalue weighted by Crippen LogP contribution is 2.45. The molecule has 3 aliphatic rings. The lowest BCUT2D eigenvalue weighted by atomic mass is 9.81. The first-order valence-corrected chi connectivity index (χ1v) is 10.1. The third-order valence-corrected chi connectivity index (χ3v) is 6.66. The molecular weight excluding hydrogens is 326 g/mol. The monoisotopic (exact) mass is 357 g/mol. The zero-order valence-corrected chi connectivity index (χ0v) is 16.0. The minimum atomic E-state index is -0.798. The van der Waals surface area contributed by atoms with Gasteiger partial charge in [-0.3, -0.25) is 14.7 Å². The van der Waals surface area contributed by atoms with Crippen molar-refractivity contribution < 1.29 is 9.90 Å². The van der Waals surface area contributed by atoms with Crippen LogP contribution in [-0.4, -0.2) is 57.5 Å². The van der Waals surface area contributed by atoms with Gasteiger partial charge in [-0.25, -0.2) is 0 Å². The van der Waals surface area contributed by atoms with E-state index in [4.69, 9.17) is 0 Å². The van der Waals surface area contributed by atoms with Crippen LogP contribution in [0.25, 0.3) is 0 Å². The molecule has 26 heavy (non-hydrogen) atoms. The smallest absolute Gasteiger partial charge is 0.236 e. The van der Waals surface area contributed by atoms with E-state index in [9.17, 15) is 9.90 Å². The van der Waals surface area contributed by atoms with E-state index in [2.05, 4.69) is 28.6 Å². The van der Waals surface area contributed by atoms with E-state index in [1.807, 2.05) is 12.1 Å². The molecule has 3 fully saturated rings. The van der Waals surface area contributed by atoms with Gasteiger partial charge in [0.15, 0.2) is 0 Å². The Labute approximate surface area is 156 Å². The lowest BCUT2D eigenvalue weighted by Crippen LogP contribution is -2.54. The van der Waals surface area contributed by atoms with Gasteiger partial charge in [0.25, 0.3) is 0 Å². The SMILES string of the molecule is CC1CC(C)CN(C(=O)CN2C3CCC2CC(O)(c2cccnc2)C3)C1. The quantitative estimate of drug-likeness (QED) is 0.902. The van der Waals surface area contributed by atoms with Crippen LogP contribution < -0.4 is 0 Å². The van der Waals surface area contributed by atoms with Gasteiger partial charge in [0, 0.05) is 43.1 Å². The van der Waals surface area contributed by atoms with Gasteiger partial charge in [-0.2, -0.15) is 0 Å². The summed E-state index contributed by atoms with van der Waals surface area (Å²) in [5.74, 6) is 1.46. The van der Waals surface area contributed by atoms with Gasteiger partial charge in [0.1, 0.15) is 0 Å². The molecule has 3 aliphatic heterocycles. The number of rotatable bonds is 3. The third kappa shape index (κ3) is 3.39. The second kappa shape index (κ2) is 6.93. The molecule has 4 heterocycles. The largest absolute Gasteiger partial charge is 0.385 e. The first kappa shape index (κ1) is 17.9. The van der Waals surface area contributed by atoms with Crippen LogP contribution >= 0.6 is 0 Å². The molecule has 0 radical (unpaired) electrons. The lowest BCUT2D eigenvalue weighted by molar-refractivity contribution is -0.138. The lowest BCUT2D eigenvalue weighted by Gasteiger charge is -2.44. The van der Waals surface area contributed by atoms with Crippen LogP contribution in [0.4, 0.5) is 0 Å². The normalized spacial score (nSPS) is 37.7. The summed E-state index contributed by atoms with van der Waals surface area (Å²) in [4.78, 5) is 21.5. The molecule has 4 unspecified atom stereocenters. The van der Waals surface area contributed by atoms with E-state index >= 15 is 0 Å². The van der Waals surface area contributed by atoms with Crippen LogP contribution in [0, 0.1) is 11.8 Å². The molecule has 1 aromatic rings. The summed E-state index contributed by atoms with van der Waals surface area (Å²) in [6.45, 7) is 6.79. The zero-order chi connectivity index (χ0) is 18.3. The number of hydrogen-bond donors (Lipinski definition) is 1. The van der Waals surface area contributed by atoms with Gasteiger partial charge in [-0.05, 0) is 50.0 Å². The standard InChI is InChI=1S/C21H31N3O2/c1-15-8-16(2)13-23(12-15)20(25)14-24-18-5-6-19(24)10-21(26,9-18)17-4-3-7-22-11-17/h3-4,7,11,15-16,18-19,26H,5-6,8-10,12-14H2,1-2H3. The average Bonchev–Trinajstić information content (AvgIpc) is 2.85. The maximum absolute atomic E-state index is 12.9. The van der Waals surface area contributed by atoms with Crippen molar-refractivity contribution in [2.45, 2.75) is 63.6 Å².